The first-order chi connectivity index (χ1) is 6.77. The fourth-order valence-corrected chi connectivity index (χ4v) is 2.04. The van der Waals surface area contributed by atoms with Crippen LogP contribution in [-0.2, 0) is 0 Å². The molecule has 0 aromatic carbocycles. The Morgan fingerprint density at radius 2 is 2.14 bits per heavy atom. The topological polar surface area (TPSA) is 38.9 Å². The molecule has 84 valence electrons. The fourth-order valence-electron chi connectivity index (χ4n) is 1.40. The number of anilines is 1. The van der Waals surface area contributed by atoms with Crippen molar-refractivity contribution >= 4 is 16.5 Å². The Morgan fingerprint density at radius 3 is 2.50 bits per heavy atom. The van der Waals surface area contributed by atoms with Crippen LogP contribution in [0.1, 0.15) is 60.0 Å². The number of nitrogens with zero attached hydrogens (tertiary/aromatic N) is 1. The van der Waals surface area contributed by atoms with Gasteiger partial charge in [0.25, 0.3) is 0 Å². The highest BCUT2D eigenvalue weighted by Crippen LogP contribution is 2.26. The molecule has 0 saturated carbocycles. The molecule has 0 aliphatic rings. The molecule has 1 aromatic rings. The van der Waals surface area contributed by atoms with E-state index in [1.807, 2.05) is 13.8 Å². The molecule has 1 heterocycles. The van der Waals surface area contributed by atoms with Crippen molar-refractivity contribution in [3.8, 4) is 0 Å². The smallest absolute Gasteiger partial charge is 0.180 e. The van der Waals surface area contributed by atoms with Gasteiger partial charge in [-0.2, -0.15) is 0 Å². The number of nitrogens with two attached hydrogens (primary N) is 1. The van der Waals surface area contributed by atoms with E-state index < -0.39 is 0 Å². The summed E-state index contributed by atoms with van der Waals surface area (Å²) >= 11 is 1.54. The zero-order valence-electron chi connectivity index (χ0n) is 9.71. The minimum atomic E-state index is 0. The minimum absolute atomic E-state index is 0. The van der Waals surface area contributed by atoms with Gasteiger partial charge in [-0.1, -0.05) is 34.1 Å². The highest BCUT2D eigenvalue weighted by Gasteiger charge is 2.10. The molecular weight excluding hydrogens is 192 g/mol. The van der Waals surface area contributed by atoms with Gasteiger partial charge in [-0.25, -0.2) is 4.98 Å². The molecule has 0 spiro atoms. The van der Waals surface area contributed by atoms with Gasteiger partial charge < -0.3 is 5.73 Å². The third kappa shape index (κ3) is 4.09. The Balaban J connectivity index is 0. The summed E-state index contributed by atoms with van der Waals surface area (Å²) in [4.78, 5) is 4.30. The molecule has 1 atom stereocenters. The van der Waals surface area contributed by atoms with E-state index in [2.05, 4.69) is 24.2 Å². The lowest BCUT2D eigenvalue weighted by atomic mass is 9.98. The second-order valence-electron chi connectivity index (χ2n) is 3.00. The molecule has 2 N–H and O–H groups in total. The van der Waals surface area contributed by atoms with Crippen LogP contribution in [0.4, 0.5) is 5.13 Å². The third-order valence-corrected chi connectivity index (χ3v) is 2.78. The first-order valence-corrected chi connectivity index (χ1v) is 6.36. The van der Waals surface area contributed by atoms with Crippen LogP contribution in [0.5, 0.6) is 0 Å². The molecule has 1 aromatic heterocycles. The number of nitrogen functional groups attached to an aromatic ring is 1. The minimum Gasteiger partial charge on any atom is -0.375 e. The molecule has 0 fully saturated rings. The van der Waals surface area contributed by atoms with Crippen LogP contribution < -0.4 is 5.73 Å². The van der Waals surface area contributed by atoms with Crippen LogP contribution in [0, 0.1) is 0 Å². The second-order valence-corrected chi connectivity index (χ2v) is 3.89. The van der Waals surface area contributed by atoms with Crippen molar-refractivity contribution < 1.29 is 1.43 Å². The molecule has 0 amide bonds. The standard InChI is InChI=1S/C9H16N2S.C2H6.H2/c1-3-5-7(4-2)8-6-12-9(10)11-8;1-2;/h6-7H,3-5H2,1-2H3,(H2,10,11);1-2H3;1H. The molecule has 0 aliphatic heterocycles. The Kier molecular flexibility index (Phi) is 7.48. The van der Waals surface area contributed by atoms with Gasteiger partial charge in [0.15, 0.2) is 5.13 Å². The lowest BCUT2D eigenvalue weighted by molar-refractivity contribution is 0.584. The quantitative estimate of drug-likeness (QED) is 0.815. The van der Waals surface area contributed by atoms with Crippen molar-refractivity contribution in [1.29, 1.82) is 0 Å². The monoisotopic (exact) mass is 216 g/mol. The molecule has 0 bridgehead atoms. The normalized spacial score (nSPS) is 11.7. The number of hydrogen-bond donors (Lipinski definition) is 1. The molecular formula is C11H24N2S. The average molecular weight is 216 g/mol. The number of rotatable bonds is 4. The summed E-state index contributed by atoms with van der Waals surface area (Å²) in [5, 5.41) is 2.78. The highest BCUT2D eigenvalue weighted by atomic mass is 32.1. The third-order valence-electron chi connectivity index (χ3n) is 2.09. The largest absolute Gasteiger partial charge is 0.375 e. The molecule has 1 rings (SSSR count). The molecule has 0 saturated heterocycles. The molecule has 0 radical (unpaired) electrons. The summed E-state index contributed by atoms with van der Waals surface area (Å²) in [7, 11) is 0. The molecule has 0 aliphatic carbocycles. The molecule has 1 unspecified atom stereocenters. The molecule has 2 nitrogen and oxygen atoms in total. The number of aromatic nitrogens is 1. The van der Waals surface area contributed by atoms with E-state index in [9.17, 15) is 0 Å². The van der Waals surface area contributed by atoms with E-state index in [1.54, 1.807) is 11.3 Å². The van der Waals surface area contributed by atoms with Gasteiger partial charge >= 0.3 is 0 Å². The summed E-state index contributed by atoms with van der Waals surface area (Å²) in [6.45, 7) is 8.41. The summed E-state index contributed by atoms with van der Waals surface area (Å²) in [6, 6.07) is 0. The summed E-state index contributed by atoms with van der Waals surface area (Å²) < 4.78 is 0. The maximum atomic E-state index is 5.57. The van der Waals surface area contributed by atoms with Gasteiger partial charge in [0, 0.05) is 12.7 Å². The van der Waals surface area contributed by atoms with Gasteiger partial charge in [0.2, 0.25) is 0 Å². The van der Waals surface area contributed by atoms with Crippen molar-refractivity contribution in [2.45, 2.75) is 52.9 Å². The maximum absolute atomic E-state index is 5.57. The van der Waals surface area contributed by atoms with Crippen LogP contribution in [0.15, 0.2) is 5.38 Å². The van der Waals surface area contributed by atoms with E-state index >= 15 is 0 Å². The number of hydrogen-bond acceptors (Lipinski definition) is 3. The Morgan fingerprint density at radius 1 is 1.50 bits per heavy atom. The van der Waals surface area contributed by atoms with Crippen LogP contribution in [0.25, 0.3) is 0 Å². The van der Waals surface area contributed by atoms with Crippen molar-refractivity contribution in [2.24, 2.45) is 0 Å². The zero-order valence-corrected chi connectivity index (χ0v) is 10.5. The maximum Gasteiger partial charge on any atom is 0.180 e. The predicted octanol–water partition coefficient (Wildman–Crippen LogP) is 4.29. The van der Waals surface area contributed by atoms with Gasteiger partial charge in [-0.15, -0.1) is 11.3 Å². The zero-order chi connectivity index (χ0) is 11.0. The van der Waals surface area contributed by atoms with E-state index in [0.29, 0.717) is 11.0 Å². The van der Waals surface area contributed by atoms with E-state index in [4.69, 9.17) is 5.73 Å². The molecule has 3 heteroatoms. The van der Waals surface area contributed by atoms with Crippen LogP contribution in [0.3, 0.4) is 0 Å². The summed E-state index contributed by atoms with van der Waals surface area (Å²) in [6.07, 6.45) is 3.60. The van der Waals surface area contributed by atoms with Crippen molar-refractivity contribution in [1.82, 2.24) is 4.98 Å². The van der Waals surface area contributed by atoms with Crippen LogP contribution in [0.2, 0.25) is 0 Å². The predicted molar refractivity (Wildman–Crippen MR) is 67.9 cm³/mol. The fraction of sp³-hybridized carbons (Fsp3) is 0.727. The molecule has 14 heavy (non-hydrogen) atoms. The Labute approximate surface area is 93.0 Å². The van der Waals surface area contributed by atoms with E-state index in [1.165, 1.54) is 18.5 Å². The van der Waals surface area contributed by atoms with Crippen molar-refractivity contribution in [3.05, 3.63) is 11.1 Å². The summed E-state index contributed by atoms with van der Waals surface area (Å²) in [5.41, 5.74) is 6.76. The lowest BCUT2D eigenvalue weighted by Crippen LogP contribution is -1.97. The van der Waals surface area contributed by atoms with Gasteiger partial charge in [-0.05, 0) is 12.8 Å². The van der Waals surface area contributed by atoms with Crippen LogP contribution in [-0.4, -0.2) is 4.98 Å². The van der Waals surface area contributed by atoms with Crippen molar-refractivity contribution in [3.63, 3.8) is 0 Å². The average Bonchev–Trinajstić information content (AvgIpc) is 2.64. The highest BCUT2D eigenvalue weighted by molar-refractivity contribution is 7.13. The SMILES string of the molecule is CC.CCCC(CC)c1csc(N)n1.[HH]. The lowest BCUT2D eigenvalue weighted by Gasteiger charge is -2.09. The first-order valence-electron chi connectivity index (χ1n) is 5.48. The Bertz CT molecular complexity index is 238. The van der Waals surface area contributed by atoms with Gasteiger partial charge in [0.05, 0.1) is 5.69 Å². The van der Waals surface area contributed by atoms with E-state index in [0.717, 1.165) is 6.42 Å². The first kappa shape index (κ1) is 13.4. The van der Waals surface area contributed by atoms with Crippen molar-refractivity contribution in [2.75, 3.05) is 5.73 Å². The number of thiazole rings is 1. The summed E-state index contributed by atoms with van der Waals surface area (Å²) in [5.74, 6) is 0.614. The Hall–Kier alpha value is -0.570. The van der Waals surface area contributed by atoms with Crippen LogP contribution >= 0.6 is 11.3 Å². The van der Waals surface area contributed by atoms with Gasteiger partial charge in [-0.3, -0.25) is 0 Å². The van der Waals surface area contributed by atoms with Gasteiger partial charge in [0.1, 0.15) is 0 Å². The second kappa shape index (κ2) is 7.80. The van der Waals surface area contributed by atoms with E-state index in [-0.39, 0.29) is 1.43 Å².